The van der Waals surface area contributed by atoms with Gasteiger partial charge in [0.2, 0.25) is 0 Å². The molecule has 0 unspecified atom stereocenters. The van der Waals surface area contributed by atoms with E-state index < -0.39 is 0 Å². The highest BCUT2D eigenvalue weighted by molar-refractivity contribution is 7.80. The molecule has 0 atom stereocenters. The molecule has 0 aliphatic carbocycles. The van der Waals surface area contributed by atoms with E-state index in [0.717, 1.165) is 43.3 Å². The van der Waals surface area contributed by atoms with Gasteiger partial charge >= 0.3 is 0 Å². The van der Waals surface area contributed by atoms with Crippen LogP contribution in [0.25, 0.3) is 0 Å². The number of likely N-dealkylation sites (tertiary alicyclic amines) is 1. The van der Waals surface area contributed by atoms with Gasteiger partial charge in [-0.15, -0.1) is 11.3 Å². The summed E-state index contributed by atoms with van der Waals surface area (Å²) in [6.07, 6.45) is 2.30. The maximum Gasteiger partial charge on any atom is 0.169 e. The zero-order valence-electron chi connectivity index (χ0n) is 14.2. The lowest BCUT2D eigenvalue weighted by atomic mass is 10.1. The molecule has 3 nitrogen and oxygen atoms in total. The Bertz CT molecular complexity index is 656. The van der Waals surface area contributed by atoms with Crippen LogP contribution in [0.15, 0.2) is 35.7 Å². The summed E-state index contributed by atoms with van der Waals surface area (Å²) in [5.41, 5.74) is 2.43. The van der Waals surface area contributed by atoms with Crippen molar-refractivity contribution in [2.75, 3.05) is 13.1 Å². The third-order valence-corrected chi connectivity index (χ3v) is 5.70. The number of thiocarbonyl (C=S) groups is 1. The van der Waals surface area contributed by atoms with Crippen molar-refractivity contribution in [1.82, 2.24) is 10.2 Å². The minimum atomic E-state index is 0.279. The van der Waals surface area contributed by atoms with E-state index in [2.05, 4.69) is 59.8 Å². The predicted molar refractivity (Wildman–Crippen MR) is 105 cm³/mol. The molecule has 1 N–H and O–H groups in total. The molecule has 128 valence electrons. The van der Waals surface area contributed by atoms with Crippen LogP contribution in [0, 0.1) is 13.8 Å². The Balaban J connectivity index is 1.48. The van der Waals surface area contributed by atoms with Gasteiger partial charge in [0.25, 0.3) is 0 Å². The van der Waals surface area contributed by atoms with Crippen molar-refractivity contribution in [2.45, 2.75) is 39.3 Å². The number of nitrogens with one attached hydrogen (secondary N) is 1. The summed E-state index contributed by atoms with van der Waals surface area (Å²) in [7, 11) is 0. The summed E-state index contributed by atoms with van der Waals surface area (Å²) in [6.45, 7) is 6.94. The van der Waals surface area contributed by atoms with E-state index in [1.165, 1.54) is 16.0 Å². The van der Waals surface area contributed by atoms with E-state index in [-0.39, 0.29) is 6.10 Å². The molecular formula is C19H24N2OS2. The highest BCUT2D eigenvalue weighted by atomic mass is 32.1. The fourth-order valence-electron chi connectivity index (χ4n) is 3.02. The summed E-state index contributed by atoms with van der Waals surface area (Å²) < 4.78 is 6.28. The van der Waals surface area contributed by atoms with E-state index in [1.807, 2.05) is 0 Å². The van der Waals surface area contributed by atoms with Gasteiger partial charge in [0.1, 0.15) is 11.9 Å². The smallest absolute Gasteiger partial charge is 0.169 e. The maximum absolute atomic E-state index is 6.28. The van der Waals surface area contributed by atoms with Gasteiger partial charge < -0.3 is 15.0 Å². The lowest BCUT2D eigenvalue weighted by Gasteiger charge is -2.34. The zero-order valence-corrected chi connectivity index (χ0v) is 15.9. The van der Waals surface area contributed by atoms with Gasteiger partial charge in [-0.3, -0.25) is 0 Å². The Morgan fingerprint density at radius 1 is 1.21 bits per heavy atom. The molecule has 1 aromatic heterocycles. The number of nitrogens with zero attached hydrogens (tertiary/aromatic N) is 1. The molecule has 5 heteroatoms. The fraction of sp³-hybridized carbons (Fsp3) is 0.421. The molecule has 0 radical (unpaired) electrons. The van der Waals surface area contributed by atoms with Gasteiger partial charge in [-0.25, -0.2) is 0 Å². The Morgan fingerprint density at radius 2 is 1.92 bits per heavy atom. The molecule has 1 aliphatic heterocycles. The van der Waals surface area contributed by atoms with Crippen molar-refractivity contribution in [3.8, 4) is 5.75 Å². The van der Waals surface area contributed by atoms with Crippen molar-refractivity contribution in [3.05, 3.63) is 51.7 Å². The topological polar surface area (TPSA) is 24.5 Å². The molecule has 1 fully saturated rings. The zero-order chi connectivity index (χ0) is 16.9. The van der Waals surface area contributed by atoms with Crippen LogP contribution in [-0.2, 0) is 6.54 Å². The number of hydrogen-bond acceptors (Lipinski definition) is 3. The number of hydrogen-bond donors (Lipinski definition) is 1. The Kier molecular flexibility index (Phi) is 5.74. The summed E-state index contributed by atoms with van der Waals surface area (Å²) in [6, 6.07) is 10.5. The number of rotatable bonds is 4. The van der Waals surface area contributed by atoms with Gasteiger partial charge in [-0.2, -0.15) is 0 Å². The first-order valence-corrected chi connectivity index (χ1v) is 9.70. The van der Waals surface area contributed by atoms with Crippen molar-refractivity contribution in [3.63, 3.8) is 0 Å². The summed E-state index contributed by atoms with van der Waals surface area (Å²) >= 11 is 7.29. The third-order valence-electron chi connectivity index (χ3n) is 4.42. The highest BCUT2D eigenvalue weighted by Gasteiger charge is 2.23. The summed E-state index contributed by atoms with van der Waals surface area (Å²) in [4.78, 5) is 3.57. The number of ether oxygens (including phenoxy) is 1. The molecule has 1 aromatic carbocycles. The van der Waals surface area contributed by atoms with Crippen molar-refractivity contribution < 1.29 is 4.74 Å². The molecule has 0 saturated carbocycles. The number of benzene rings is 1. The lowest BCUT2D eigenvalue weighted by Crippen LogP contribution is -2.46. The minimum absolute atomic E-state index is 0.279. The average molecular weight is 361 g/mol. The number of para-hydroxylation sites is 1. The van der Waals surface area contributed by atoms with Gasteiger partial charge in [-0.05, 0) is 48.6 Å². The van der Waals surface area contributed by atoms with E-state index in [0.29, 0.717) is 0 Å². The van der Waals surface area contributed by atoms with Crippen LogP contribution in [0.2, 0.25) is 0 Å². The van der Waals surface area contributed by atoms with E-state index >= 15 is 0 Å². The Labute approximate surface area is 153 Å². The Morgan fingerprint density at radius 3 is 2.54 bits per heavy atom. The maximum atomic E-state index is 6.28. The molecule has 2 heterocycles. The minimum Gasteiger partial charge on any atom is -0.490 e. The van der Waals surface area contributed by atoms with E-state index in [1.54, 1.807) is 11.3 Å². The second-order valence-corrected chi connectivity index (χ2v) is 7.68. The first kappa shape index (κ1) is 17.2. The van der Waals surface area contributed by atoms with Crippen LogP contribution in [0.5, 0.6) is 5.75 Å². The number of piperidine rings is 1. The summed E-state index contributed by atoms with van der Waals surface area (Å²) in [5.74, 6) is 1.05. The first-order valence-electron chi connectivity index (χ1n) is 8.41. The Hall–Kier alpha value is -1.59. The molecule has 2 aromatic rings. The molecule has 0 spiro atoms. The third kappa shape index (κ3) is 4.28. The van der Waals surface area contributed by atoms with Crippen molar-refractivity contribution >= 4 is 28.7 Å². The summed E-state index contributed by atoms with van der Waals surface area (Å²) in [5, 5.41) is 6.31. The lowest BCUT2D eigenvalue weighted by molar-refractivity contribution is 0.129. The van der Waals surface area contributed by atoms with Gasteiger partial charge in [0.05, 0.1) is 6.54 Å². The number of aryl methyl sites for hydroxylation is 2. The van der Waals surface area contributed by atoms with Crippen molar-refractivity contribution in [1.29, 1.82) is 0 Å². The van der Waals surface area contributed by atoms with Crippen molar-refractivity contribution in [2.24, 2.45) is 0 Å². The molecule has 24 heavy (non-hydrogen) atoms. The van der Waals surface area contributed by atoms with Crippen LogP contribution in [0.1, 0.15) is 28.8 Å². The second-order valence-electron chi connectivity index (χ2n) is 6.26. The first-order chi connectivity index (χ1) is 11.6. The number of thiophene rings is 1. The second kappa shape index (κ2) is 7.99. The molecule has 0 amide bonds. The van der Waals surface area contributed by atoms with Crippen LogP contribution in [-0.4, -0.2) is 29.2 Å². The van der Waals surface area contributed by atoms with Gasteiger partial charge in [-0.1, -0.05) is 24.3 Å². The average Bonchev–Trinajstić information content (AvgIpc) is 3.10. The quantitative estimate of drug-likeness (QED) is 0.823. The van der Waals surface area contributed by atoms with Gasteiger partial charge in [0.15, 0.2) is 5.11 Å². The predicted octanol–water partition coefficient (Wildman–Crippen LogP) is 4.28. The molecule has 3 rings (SSSR count). The molecule has 0 bridgehead atoms. The van der Waals surface area contributed by atoms with Crippen LogP contribution in [0.4, 0.5) is 0 Å². The monoisotopic (exact) mass is 360 g/mol. The normalized spacial score (nSPS) is 15.3. The highest BCUT2D eigenvalue weighted by Crippen LogP contribution is 2.26. The van der Waals surface area contributed by atoms with Crippen LogP contribution in [0.3, 0.4) is 0 Å². The van der Waals surface area contributed by atoms with Crippen LogP contribution < -0.4 is 10.1 Å². The van der Waals surface area contributed by atoms with Crippen LogP contribution >= 0.6 is 23.6 Å². The van der Waals surface area contributed by atoms with E-state index in [9.17, 15) is 0 Å². The fourth-order valence-corrected chi connectivity index (χ4v) is 3.92. The molecule has 1 aliphatic rings. The standard InChI is InChI=1S/C19H24N2OS2/c1-14-5-3-6-15(2)18(14)22-16-8-10-21(11-9-16)19(23)20-13-17-7-4-12-24-17/h3-7,12,16H,8-11,13H2,1-2H3,(H,20,23). The van der Waals surface area contributed by atoms with Gasteiger partial charge in [0, 0.05) is 30.8 Å². The van der Waals surface area contributed by atoms with E-state index in [4.69, 9.17) is 17.0 Å². The largest absolute Gasteiger partial charge is 0.490 e. The molecule has 1 saturated heterocycles. The molecular weight excluding hydrogens is 336 g/mol. The SMILES string of the molecule is Cc1cccc(C)c1OC1CCN(C(=S)NCc2cccs2)CC1.